The Morgan fingerprint density at radius 3 is 2.71 bits per heavy atom. The number of nitrogens with two attached hydrogens (primary N) is 1. The largest absolute Gasteiger partial charge is 0.329 e. The summed E-state index contributed by atoms with van der Waals surface area (Å²) in [6, 6.07) is 0. The lowest BCUT2D eigenvalue weighted by Crippen LogP contribution is -2.21. The summed E-state index contributed by atoms with van der Waals surface area (Å²) in [7, 11) is -0.402. The molecule has 0 bridgehead atoms. The highest BCUT2D eigenvalue weighted by Crippen LogP contribution is 2.10. The van der Waals surface area contributed by atoms with E-state index in [9.17, 15) is 8.42 Å². The molecule has 80 valence electrons. The van der Waals surface area contributed by atoms with E-state index in [0.717, 1.165) is 4.31 Å². The van der Waals surface area contributed by atoms with Crippen molar-refractivity contribution in [2.45, 2.75) is 11.4 Å². The topological polar surface area (TPSA) is 81.2 Å². The molecule has 6 nitrogen and oxygen atoms in total. The van der Waals surface area contributed by atoms with E-state index >= 15 is 0 Å². The van der Waals surface area contributed by atoms with E-state index in [1.807, 2.05) is 0 Å². The molecule has 2 N–H and O–H groups in total. The third kappa shape index (κ3) is 2.11. The second-order valence-corrected chi connectivity index (χ2v) is 5.17. The molecule has 0 saturated carbocycles. The van der Waals surface area contributed by atoms with Gasteiger partial charge in [0.1, 0.15) is 4.90 Å². The van der Waals surface area contributed by atoms with Crippen LogP contribution in [-0.2, 0) is 16.6 Å². The Kier molecular flexibility index (Phi) is 3.25. The van der Waals surface area contributed by atoms with Crippen LogP contribution in [0.15, 0.2) is 17.3 Å². The Balaban J connectivity index is 2.98. The van der Waals surface area contributed by atoms with Crippen molar-refractivity contribution in [3.8, 4) is 0 Å². The predicted molar refractivity (Wildman–Crippen MR) is 52.2 cm³/mol. The van der Waals surface area contributed by atoms with Crippen LogP contribution in [0.4, 0.5) is 0 Å². The summed E-state index contributed by atoms with van der Waals surface area (Å²) in [5.74, 6) is 0. The summed E-state index contributed by atoms with van der Waals surface area (Å²) in [6.45, 7) is 0.950. The second kappa shape index (κ2) is 4.07. The van der Waals surface area contributed by atoms with Gasteiger partial charge in [-0.1, -0.05) is 0 Å². The van der Waals surface area contributed by atoms with Gasteiger partial charge in [0.2, 0.25) is 10.0 Å². The number of hydrogen-bond donors (Lipinski definition) is 1. The molecule has 0 unspecified atom stereocenters. The number of nitrogens with zero attached hydrogens (tertiary/aromatic N) is 3. The second-order valence-electron chi connectivity index (χ2n) is 3.02. The van der Waals surface area contributed by atoms with E-state index in [2.05, 4.69) is 5.10 Å². The minimum Gasteiger partial charge on any atom is -0.329 e. The van der Waals surface area contributed by atoms with Crippen molar-refractivity contribution in [3.63, 3.8) is 0 Å². The van der Waals surface area contributed by atoms with Gasteiger partial charge < -0.3 is 5.73 Å². The minimum atomic E-state index is -3.37. The lowest BCUT2D eigenvalue weighted by Gasteiger charge is -2.08. The van der Waals surface area contributed by atoms with E-state index in [1.54, 1.807) is 0 Å². The maximum atomic E-state index is 11.6. The standard InChI is InChI=1S/C7H14N4O2S/c1-10(2)14(12,13)7-5-9-11(6-7)4-3-8/h5-6H,3-4,8H2,1-2H3. The molecule has 1 aromatic heterocycles. The molecule has 0 spiro atoms. The van der Waals surface area contributed by atoms with E-state index in [4.69, 9.17) is 5.73 Å². The fourth-order valence-electron chi connectivity index (χ4n) is 0.943. The van der Waals surface area contributed by atoms with Crippen LogP contribution in [0.1, 0.15) is 0 Å². The Morgan fingerprint density at radius 2 is 2.21 bits per heavy atom. The summed E-state index contributed by atoms with van der Waals surface area (Å²) in [5.41, 5.74) is 5.32. The van der Waals surface area contributed by atoms with Crippen LogP contribution in [0.5, 0.6) is 0 Å². The Hall–Kier alpha value is -0.920. The Bertz CT molecular complexity index is 396. The van der Waals surface area contributed by atoms with Crippen LogP contribution in [0.3, 0.4) is 0 Å². The molecule has 1 rings (SSSR count). The van der Waals surface area contributed by atoms with Gasteiger partial charge in [0.05, 0.1) is 12.7 Å². The van der Waals surface area contributed by atoms with Gasteiger partial charge in [0, 0.05) is 26.8 Å². The molecule has 1 heterocycles. The van der Waals surface area contributed by atoms with Gasteiger partial charge in [-0.3, -0.25) is 4.68 Å². The van der Waals surface area contributed by atoms with Gasteiger partial charge >= 0.3 is 0 Å². The van der Waals surface area contributed by atoms with E-state index in [0.29, 0.717) is 13.1 Å². The zero-order chi connectivity index (χ0) is 10.8. The van der Waals surface area contributed by atoms with Crippen molar-refractivity contribution >= 4 is 10.0 Å². The monoisotopic (exact) mass is 218 g/mol. The van der Waals surface area contributed by atoms with Crippen LogP contribution in [0, 0.1) is 0 Å². The number of aromatic nitrogens is 2. The van der Waals surface area contributed by atoms with Crippen molar-refractivity contribution in [2.75, 3.05) is 20.6 Å². The Labute approximate surface area is 83.4 Å². The van der Waals surface area contributed by atoms with Crippen LogP contribution in [0.25, 0.3) is 0 Å². The molecule has 1 aromatic rings. The zero-order valence-electron chi connectivity index (χ0n) is 8.21. The van der Waals surface area contributed by atoms with Crippen LogP contribution < -0.4 is 5.73 Å². The van der Waals surface area contributed by atoms with Crippen LogP contribution in [-0.4, -0.2) is 43.1 Å². The normalized spacial score (nSPS) is 12.3. The molecule has 7 heteroatoms. The molecule has 0 radical (unpaired) electrons. The highest BCUT2D eigenvalue weighted by Gasteiger charge is 2.18. The van der Waals surface area contributed by atoms with Crippen LogP contribution in [0.2, 0.25) is 0 Å². The van der Waals surface area contributed by atoms with Gasteiger partial charge in [-0.15, -0.1) is 0 Å². The number of sulfonamides is 1. The molecule has 0 aromatic carbocycles. The van der Waals surface area contributed by atoms with Crippen molar-refractivity contribution in [1.29, 1.82) is 0 Å². The first-order chi connectivity index (χ1) is 6.48. The SMILES string of the molecule is CN(C)S(=O)(=O)c1cnn(CCN)c1. The average molecular weight is 218 g/mol. The maximum Gasteiger partial charge on any atom is 0.245 e. The van der Waals surface area contributed by atoms with E-state index in [1.165, 1.54) is 31.2 Å². The van der Waals surface area contributed by atoms with Crippen molar-refractivity contribution in [3.05, 3.63) is 12.4 Å². The van der Waals surface area contributed by atoms with Crippen molar-refractivity contribution in [2.24, 2.45) is 5.73 Å². The fourth-order valence-corrected chi connectivity index (χ4v) is 1.80. The summed E-state index contributed by atoms with van der Waals surface area (Å²) >= 11 is 0. The van der Waals surface area contributed by atoms with Gasteiger partial charge in [0.15, 0.2) is 0 Å². The van der Waals surface area contributed by atoms with Gasteiger partial charge in [-0.05, 0) is 0 Å². The van der Waals surface area contributed by atoms with Gasteiger partial charge in [-0.2, -0.15) is 5.10 Å². The van der Waals surface area contributed by atoms with Crippen LogP contribution >= 0.6 is 0 Å². The average Bonchev–Trinajstić information content (AvgIpc) is 2.53. The fraction of sp³-hybridized carbons (Fsp3) is 0.571. The highest BCUT2D eigenvalue weighted by atomic mass is 32.2. The first kappa shape index (κ1) is 11.2. The quantitative estimate of drug-likeness (QED) is 0.709. The molecule has 0 aliphatic rings. The Morgan fingerprint density at radius 1 is 1.57 bits per heavy atom. The lowest BCUT2D eigenvalue weighted by molar-refractivity contribution is 0.520. The first-order valence-corrected chi connectivity index (χ1v) is 5.57. The molecule has 0 saturated heterocycles. The molecule has 0 aliphatic heterocycles. The van der Waals surface area contributed by atoms with Crippen molar-refractivity contribution in [1.82, 2.24) is 14.1 Å². The first-order valence-electron chi connectivity index (χ1n) is 4.13. The summed E-state index contributed by atoms with van der Waals surface area (Å²) < 4.78 is 25.8. The highest BCUT2D eigenvalue weighted by molar-refractivity contribution is 7.89. The van der Waals surface area contributed by atoms with E-state index < -0.39 is 10.0 Å². The van der Waals surface area contributed by atoms with Crippen molar-refractivity contribution < 1.29 is 8.42 Å². The smallest absolute Gasteiger partial charge is 0.245 e. The lowest BCUT2D eigenvalue weighted by atomic mass is 10.6. The summed E-state index contributed by atoms with van der Waals surface area (Å²) in [4.78, 5) is 0.191. The zero-order valence-corrected chi connectivity index (χ0v) is 9.03. The molecular formula is C7H14N4O2S. The number of rotatable bonds is 4. The molecule has 0 atom stereocenters. The third-order valence-corrected chi connectivity index (χ3v) is 3.51. The van der Waals surface area contributed by atoms with Gasteiger partial charge in [-0.25, -0.2) is 12.7 Å². The number of hydrogen-bond acceptors (Lipinski definition) is 4. The molecule has 0 amide bonds. The minimum absolute atomic E-state index is 0.191. The molecule has 0 fully saturated rings. The summed E-state index contributed by atoms with van der Waals surface area (Å²) in [6.07, 6.45) is 2.80. The summed E-state index contributed by atoms with van der Waals surface area (Å²) in [5, 5.41) is 3.89. The van der Waals surface area contributed by atoms with Gasteiger partial charge in [0.25, 0.3) is 0 Å². The van der Waals surface area contributed by atoms with E-state index in [-0.39, 0.29) is 4.90 Å². The maximum absolute atomic E-state index is 11.6. The predicted octanol–water partition coefficient (Wildman–Crippen LogP) is -0.908. The molecule has 0 aliphatic carbocycles. The molecule has 14 heavy (non-hydrogen) atoms. The molecular weight excluding hydrogens is 204 g/mol. The third-order valence-electron chi connectivity index (χ3n) is 1.75.